The van der Waals surface area contributed by atoms with Gasteiger partial charge in [0.25, 0.3) is 0 Å². The van der Waals surface area contributed by atoms with Crippen LogP contribution in [0.4, 0.5) is 11.4 Å². The molecular formula is C22H15N2. The number of hydrogen-bond acceptors (Lipinski definition) is 2. The molecule has 1 radical (unpaired) electrons. The van der Waals surface area contributed by atoms with Gasteiger partial charge in [0.1, 0.15) is 6.04 Å². The molecular weight excluding hydrogens is 292 g/mol. The smallest absolute Gasteiger partial charge is 0.131 e. The van der Waals surface area contributed by atoms with Crippen molar-refractivity contribution >= 4 is 39.1 Å². The molecule has 0 atom stereocenters. The van der Waals surface area contributed by atoms with Gasteiger partial charge in [-0.25, -0.2) is 0 Å². The van der Waals surface area contributed by atoms with Crippen molar-refractivity contribution in [1.82, 2.24) is 0 Å². The van der Waals surface area contributed by atoms with Crippen LogP contribution < -0.4 is 5.32 Å². The lowest BCUT2D eigenvalue weighted by Crippen LogP contribution is -2.16. The fourth-order valence-electron chi connectivity index (χ4n) is 3.44. The van der Waals surface area contributed by atoms with Crippen molar-refractivity contribution in [3.8, 4) is 0 Å². The Kier molecular flexibility index (Phi) is 2.89. The predicted octanol–water partition coefficient (Wildman–Crippen LogP) is 5.70. The second-order valence-electron chi connectivity index (χ2n) is 5.98. The standard InChI is InChI=1S/C22H15N2/c1-2-8-15(9-3-1)20-14-23-21-18-12-6-4-10-16(18)17-11-5-7-13-19(17)22(21)24-20/h1-14,24H. The van der Waals surface area contributed by atoms with Crippen molar-refractivity contribution in [3.63, 3.8) is 0 Å². The average Bonchev–Trinajstić information content (AvgIpc) is 2.68. The minimum absolute atomic E-state index is 1.02. The molecule has 4 aromatic rings. The summed E-state index contributed by atoms with van der Waals surface area (Å²) in [5, 5.41) is 8.50. The first-order valence-corrected chi connectivity index (χ1v) is 8.09. The van der Waals surface area contributed by atoms with Crippen LogP contribution in [-0.2, 0) is 0 Å². The third kappa shape index (κ3) is 1.93. The SMILES string of the molecule is C1=Nc2c(c3ccccc3c3ccccc23)N[C]1c1ccccc1. The number of nitrogens with one attached hydrogen (secondary N) is 1. The third-order valence-electron chi connectivity index (χ3n) is 4.57. The molecule has 2 heteroatoms. The lowest BCUT2D eigenvalue weighted by molar-refractivity contribution is 1.29. The van der Waals surface area contributed by atoms with Crippen LogP contribution in [0.3, 0.4) is 0 Å². The summed E-state index contributed by atoms with van der Waals surface area (Å²) in [6, 6.07) is 28.3. The Hall–Kier alpha value is -3.13. The maximum absolute atomic E-state index is 4.80. The van der Waals surface area contributed by atoms with E-state index in [0.717, 1.165) is 23.0 Å². The number of benzene rings is 4. The van der Waals surface area contributed by atoms with E-state index < -0.39 is 0 Å². The zero-order valence-electron chi connectivity index (χ0n) is 13.0. The van der Waals surface area contributed by atoms with Crippen LogP contribution in [0, 0.1) is 6.04 Å². The van der Waals surface area contributed by atoms with E-state index in [1.54, 1.807) is 0 Å². The average molecular weight is 307 g/mol. The molecule has 0 bridgehead atoms. The highest BCUT2D eigenvalue weighted by molar-refractivity contribution is 6.21. The lowest BCUT2D eigenvalue weighted by atomic mass is 9.96. The topological polar surface area (TPSA) is 24.4 Å². The van der Waals surface area contributed by atoms with Gasteiger partial charge in [-0.2, -0.15) is 0 Å². The second kappa shape index (κ2) is 5.20. The Labute approximate surface area is 140 Å². The summed E-state index contributed by atoms with van der Waals surface area (Å²) in [5.41, 5.74) is 3.25. The molecule has 5 rings (SSSR count). The molecule has 0 unspecified atom stereocenters. The summed E-state index contributed by atoms with van der Waals surface area (Å²) in [4.78, 5) is 4.80. The second-order valence-corrected chi connectivity index (χ2v) is 5.98. The normalized spacial score (nSPS) is 13.8. The van der Waals surface area contributed by atoms with Crippen LogP contribution in [0.2, 0.25) is 0 Å². The van der Waals surface area contributed by atoms with Gasteiger partial charge in [-0.3, -0.25) is 4.99 Å². The molecule has 113 valence electrons. The molecule has 0 spiro atoms. The van der Waals surface area contributed by atoms with Gasteiger partial charge in [0.15, 0.2) is 0 Å². The van der Waals surface area contributed by atoms with E-state index in [9.17, 15) is 0 Å². The van der Waals surface area contributed by atoms with Crippen molar-refractivity contribution in [1.29, 1.82) is 0 Å². The van der Waals surface area contributed by atoms with Crippen LogP contribution in [0.25, 0.3) is 21.5 Å². The van der Waals surface area contributed by atoms with Crippen LogP contribution in [0.15, 0.2) is 83.9 Å². The summed E-state index contributed by atoms with van der Waals surface area (Å²) < 4.78 is 0. The number of anilines is 1. The van der Waals surface area contributed by atoms with Gasteiger partial charge in [0.05, 0.1) is 11.4 Å². The van der Waals surface area contributed by atoms with E-state index in [1.165, 1.54) is 21.5 Å². The minimum Gasteiger partial charge on any atom is -0.366 e. The first kappa shape index (κ1) is 13.3. The van der Waals surface area contributed by atoms with Crippen molar-refractivity contribution in [2.45, 2.75) is 0 Å². The number of hydrogen-bond donors (Lipinski definition) is 1. The molecule has 0 aliphatic carbocycles. The third-order valence-corrected chi connectivity index (χ3v) is 4.57. The van der Waals surface area contributed by atoms with Crippen molar-refractivity contribution in [2.24, 2.45) is 4.99 Å². The molecule has 4 aromatic carbocycles. The Balaban J connectivity index is 1.80. The Morgan fingerprint density at radius 1 is 0.583 bits per heavy atom. The molecule has 1 aliphatic heterocycles. The molecule has 0 saturated carbocycles. The number of rotatable bonds is 1. The van der Waals surface area contributed by atoms with Crippen LogP contribution >= 0.6 is 0 Å². The predicted molar refractivity (Wildman–Crippen MR) is 102 cm³/mol. The zero-order chi connectivity index (χ0) is 15.9. The summed E-state index contributed by atoms with van der Waals surface area (Å²) >= 11 is 0. The number of nitrogens with zero attached hydrogens (tertiary/aromatic N) is 1. The van der Waals surface area contributed by atoms with E-state index in [-0.39, 0.29) is 0 Å². The summed E-state index contributed by atoms with van der Waals surface area (Å²) in [7, 11) is 0. The largest absolute Gasteiger partial charge is 0.366 e. The number of fused-ring (bicyclic) bond motifs is 6. The molecule has 0 saturated heterocycles. The molecule has 0 aromatic heterocycles. The fraction of sp³-hybridized carbons (Fsp3) is 0. The van der Waals surface area contributed by atoms with Gasteiger partial charge in [-0.1, -0.05) is 78.9 Å². The maximum Gasteiger partial charge on any atom is 0.131 e. The number of aliphatic imine (C=N–C) groups is 1. The Bertz CT molecular complexity index is 1080. The van der Waals surface area contributed by atoms with E-state index in [2.05, 4.69) is 66.0 Å². The minimum atomic E-state index is 1.02. The highest BCUT2D eigenvalue weighted by Crippen LogP contribution is 2.44. The summed E-state index contributed by atoms with van der Waals surface area (Å²) in [6.45, 7) is 0. The monoisotopic (exact) mass is 307 g/mol. The van der Waals surface area contributed by atoms with E-state index in [1.807, 2.05) is 24.4 Å². The lowest BCUT2D eigenvalue weighted by Gasteiger charge is -2.24. The quantitative estimate of drug-likeness (QED) is 0.448. The van der Waals surface area contributed by atoms with Gasteiger partial charge in [0, 0.05) is 17.0 Å². The molecule has 1 aliphatic rings. The molecule has 24 heavy (non-hydrogen) atoms. The van der Waals surface area contributed by atoms with Gasteiger partial charge >= 0.3 is 0 Å². The van der Waals surface area contributed by atoms with E-state index in [4.69, 9.17) is 4.99 Å². The fourth-order valence-corrected chi connectivity index (χ4v) is 3.44. The zero-order valence-corrected chi connectivity index (χ0v) is 13.0. The van der Waals surface area contributed by atoms with Crippen LogP contribution in [0.1, 0.15) is 5.56 Å². The van der Waals surface area contributed by atoms with Crippen molar-refractivity contribution in [2.75, 3.05) is 5.32 Å². The van der Waals surface area contributed by atoms with Gasteiger partial charge in [-0.15, -0.1) is 0 Å². The highest BCUT2D eigenvalue weighted by atomic mass is 15.0. The van der Waals surface area contributed by atoms with Crippen LogP contribution in [-0.4, -0.2) is 6.21 Å². The van der Waals surface area contributed by atoms with Gasteiger partial charge in [0.2, 0.25) is 0 Å². The van der Waals surface area contributed by atoms with Crippen molar-refractivity contribution in [3.05, 3.63) is 90.5 Å². The summed E-state index contributed by atoms with van der Waals surface area (Å²) in [6.07, 6.45) is 1.93. The molecule has 1 N–H and O–H groups in total. The highest BCUT2D eigenvalue weighted by Gasteiger charge is 2.21. The van der Waals surface area contributed by atoms with Gasteiger partial charge < -0.3 is 5.32 Å². The van der Waals surface area contributed by atoms with Crippen molar-refractivity contribution < 1.29 is 0 Å². The first-order valence-electron chi connectivity index (χ1n) is 8.09. The Morgan fingerprint density at radius 2 is 1.17 bits per heavy atom. The van der Waals surface area contributed by atoms with Crippen LogP contribution in [0.5, 0.6) is 0 Å². The Morgan fingerprint density at radius 3 is 1.92 bits per heavy atom. The van der Waals surface area contributed by atoms with Gasteiger partial charge in [-0.05, 0) is 16.3 Å². The molecule has 0 amide bonds. The van der Waals surface area contributed by atoms with E-state index in [0.29, 0.717) is 0 Å². The maximum atomic E-state index is 4.80. The van der Waals surface area contributed by atoms with E-state index >= 15 is 0 Å². The first-order chi connectivity index (χ1) is 11.9. The molecule has 2 nitrogen and oxygen atoms in total. The summed E-state index contributed by atoms with van der Waals surface area (Å²) in [5.74, 6) is 0. The molecule has 0 fully saturated rings. The molecule has 1 heterocycles.